The summed E-state index contributed by atoms with van der Waals surface area (Å²) < 4.78 is 105. The maximum Gasteiger partial charge on any atom is 0.309 e. The molecule has 10 fully saturated rings. The first kappa shape index (κ1) is 77.5. The third-order valence-corrected chi connectivity index (χ3v) is 24.4. The van der Waals surface area contributed by atoms with Crippen molar-refractivity contribution in [2.24, 2.45) is 34.5 Å². The Morgan fingerprint density at radius 2 is 1.06 bits per heavy atom. The van der Waals surface area contributed by atoms with Crippen molar-refractivity contribution in [1.29, 1.82) is 0 Å². The average molecular weight is 1400 g/mol. The van der Waals surface area contributed by atoms with Gasteiger partial charge in [0.25, 0.3) is 0 Å². The van der Waals surface area contributed by atoms with Crippen molar-refractivity contribution in [1.82, 2.24) is 0 Å². The van der Waals surface area contributed by atoms with Gasteiger partial charge in [-0.3, -0.25) is 9.59 Å². The van der Waals surface area contributed by atoms with Gasteiger partial charge in [0.15, 0.2) is 37.7 Å². The van der Waals surface area contributed by atoms with Gasteiger partial charge in [-0.1, -0.05) is 27.7 Å². The Hall–Kier alpha value is -2.10. The van der Waals surface area contributed by atoms with Crippen LogP contribution in [-0.4, -0.2) is 298 Å². The molecule has 560 valence electrons. The van der Waals surface area contributed by atoms with Crippen molar-refractivity contribution < 1.29 is 146 Å². The second-order valence-corrected chi connectivity index (χ2v) is 29.7. The number of esters is 2. The molecule has 30 heteroatoms. The van der Waals surface area contributed by atoms with E-state index in [0.29, 0.717) is 25.7 Å². The third kappa shape index (κ3) is 14.7. The number of aliphatic hydroxyl groups excluding tert-OH is 9. The highest BCUT2D eigenvalue weighted by Gasteiger charge is 2.77. The van der Waals surface area contributed by atoms with Crippen LogP contribution in [0.1, 0.15) is 146 Å². The number of carbonyl (C=O) groups excluding carboxylic acids is 2. The number of methoxy groups -OCH3 is 3. The maximum atomic E-state index is 13.1. The van der Waals surface area contributed by atoms with E-state index in [1.54, 1.807) is 34.8 Å². The summed E-state index contributed by atoms with van der Waals surface area (Å²) in [5.74, 6) is -1.31. The number of ether oxygens (including phenoxy) is 17. The molecule has 6 saturated heterocycles. The summed E-state index contributed by atoms with van der Waals surface area (Å²) in [4.78, 5) is 25.9. The van der Waals surface area contributed by atoms with Crippen LogP contribution < -0.4 is 0 Å². The summed E-state index contributed by atoms with van der Waals surface area (Å²) >= 11 is 0. The fraction of sp³-hybridized carbons (Fsp3) is 0.970. The van der Waals surface area contributed by atoms with Gasteiger partial charge in [0.1, 0.15) is 103 Å². The Morgan fingerprint density at radius 3 is 1.64 bits per heavy atom. The van der Waals surface area contributed by atoms with E-state index in [4.69, 9.17) is 80.5 Å². The van der Waals surface area contributed by atoms with Crippen LogP contribution in [0.2, 0.25) is 0 Å². The highest BCUT2D eigenvalue weighted by atomic mass is 16.8. The molecule has 0 aromatic carbocycles. The Kier molecular flexibility index (Phi) is 25.0. The zero-order chi connectivity index (χ0) is 70.7. The smallest absolute Gasteiger partial charge is 0.309 e. The molecule has 0 amide bonds. The average Bonchev–Trinajstić information content (AvgIpc) is 1.66. The van der Waals surface area contributed by atoms with Crippen LogP contribution in [0.25, 0.3) is 0 Å². The molecule has 4 aliphatic carbocycles. The summed E-state index contributed by atoms with van der Waals surface area (Å²) in [6, 6.07) is 0. The molecule has 0 bridgehead atoms. The first-order chi connectivity index (χ1) is 45.8. The van der Waals surface area contributed by atoms with Gasteiger partial charge >= 0.3 is 11.9 Å². The van der Waals surface area contributed by atoms with E-state index in [-0.39, 0.29) is 67.3 Å². The van der Waals surface area contributed by atoms with E-state index in [2.05, 4.69) is 6.92 Å². The van der Waals surface area contributed by atoms with Crippen molar-refractivity contribution in [2.75, 3.05) is 34.5 Å². The number of fused-ring (bicyclic) bond motifs is 5. The van der Waals surface area contributed by atoms with E-state index in [9.17, 15) is 65.8 Å². The lowest BCUT2D eigenvalue weighted by molar-refractivity contribution is -0.385. The van der Waals surface area contributed by atoms with Gasteiger partial charge in [0.2, 0.25) is 0 Å². The topological polar surface area (TPSA) is 414 Å². The first-order valence-electron chi connectivity index (χ1n) is 35.1. The zero-order valence-electron chi connectivity index (χ0n) is 58.2. The van der Waals surface area contributed by atoms with Crippen LogP contribution in [0.3, 0.4) is 0 Å². The van der Waals surface area contributed by atoms with Gasteiger partial charge in [-0.15, -0.1) is 0 Å². The Bertz CT molecular complexity index is 2560. The minimum absolute atomic E-state index is 0.0336. The summed E-state index contributed by atoms with van der Waals surface area (Å²) in [7, 11) is 4.38. The number of aliphatic hydroxyl groups is 11. The molecule has 6 heterocycles. The monoisotopic (exact) mass is 1400 g/mol. The molecule has 6 aliphatic heterocycles. The fourth-order valence-electron chi connectivity index (χ4n) is 18.3. The van der Waals surface area contributed by atoms with Crippen LogP contribution in [0.5, 0.6) is 0 Å². The lowest BCUT2D eigenvalue weighted by atomic mass is 9.42. The van der Waals surface area contributed by atoms with Gasteiger partial charge in [-0.05, 0) is 116 Å². The third-order valence-electron chi connectivity index (χ3n) is 24.4. The number of rotatable bonds is 22. The lowest BCUT2D eigenvalue weighted by Crippen LogP contribution is -2.72. The highest BCUT2D eigenvalue weighted by Crippen LogP contribution is 2.71. The molecule has 4 saturated carbocycles. The molecule has 30 nitrogen and oxygen atoms in total. The maximum absolute atomic E-state index is 13.1. The Balaban J connectivity index is 0.689. The molecule has 0 aromatic heterocycles. The lowest BCUT2D eigenvalue weighted by Gasteiger charge is -2.66. The van der Waals surface area contributed by atoms with Gasteiger partial charge in [0, 0.05) is 47.5 Å². The van der Waals surface area contributed by atoms with Crippen molar-refractivity contribution >= 4 is 11.9 Å². The van der Waals surface area contributed by atoms with E-state index >= 15 is 0 Å². The molecule has 38 atom stereocenters. The van der Waals surface area contributed by atoms with Gasteiger partial charge < -0.3 is 137 Å². The molecule has 0 spiro atoms. The molecule has 10 aliphatic rings. The molecule has 0 aromatic rings. The Labute approximate surface area is 567 Å². The molecular formula is C67H112O30. The van der Waals surface area contributed by atoms with Gasteiger partial charge in [0.05, 0.1) is 79.0 Å². The quantitative estimate of drug-likeness (QED) is 0.0496. The van der Waals surface area contributed by atoms with Crippen LogP contribution in [0.4, 0.5) is 0 Å². The summed E-state index contributed by atoms with van der Waals surface area (Å²) in [6.07, 6.45) is -27.9. The minimum atomic E-state index is -1.87. The molecule has 10 rings (SSSR count). The summed E-state index contributed by atoms with van der Waals surface area (Å²) in [6.45, 7) is 16.3. The fourth-order valence-corrected chi connectivity index (χ4v) is 18.3. The first-order valence-corrected chi connectivity index (χ1v) is 35.1. The van der Waals surface area contributed by atoms with E-state index < -0.39 is 220 Å². The van der Waals surface area contributed by atoms with Crippen LogP contribution in [-0.2, 0) is 90.1 Å². The molecule has 0 radical (unpaired) electrons. The molecule has 11 N–H and O–H groups in total. The SMILES string of the molecule is CC[C@@H](C)C(=O)O[C@H](C)[C@]1(O)CC[C@@]2(O)[C@@H]3CC[C@H]4C[C@H](O[C@H]5C[C@@H](O)[C@H](O[C@H]6C[C@@H](OC)[C@H](O[C@H]7C[C@@H](OC)[C@H](O[C@H]8O[C@@H](C)[C@H](O[C@H]9O[C@@H](CO)[C@H](O[C@H]%10O[C@@H](CO)[C@H](O)[C@@H](O)[C@@H]%10O)[C@@H](O)[C@@H]9O)[C@@H](OC)[C@@H]8O)[C@@H](C)O7)[C@@H](C)O6)[C@@H](C)O5)CC[C@@]4(C)[C@H]3C[C@@H](OC(C)=O)[C@@]21C. The largest absolute Gasteiger partial charge is 0.462 e. The summed E-state index contributed by atoms with van der Waals surface area (Å²) in [5.41, 5.74) is -4.62. The molecule has 0 unspecified atom stereocenters. The van der Waals surface area contributed by atoms with Crippen molar-refractivity contribution in [3.05, 3.63) is 0 Å². The molecule has 97 heavy (non-hydrogen) atoms. The second-order valence-electron chi connectivity index (χ2n) is 29.7. The van der Waals surface area contributed by atoms with Crippen LogP contribution in [0, 0.1) is 34.5 Å². The van der Waals surface area contributed by atoms with Crippen molar-refractivity contribution in [3.63, 3.8) is 0 Å². The van der Waals surface area contributed by atoms with E-state index in [0.717, 1.165) is 19.3 Å². The minimum Gasteiger partial charge on any atom is -0.462 e. The Morgan fingerprint density at radius 1 is 0.526 bits per heavy atom. The number of carbonyl (C=O) groups is 2. The summed E-state index contributed by atoms with van der Waals surface area (Å²) in [5, 5.41) is 123. The predicted molar refractivity (Wildman–Crippen MR) is 330 cm³/mol. The molecular weight excluding hydrogens is 1280 g/mol. The van der Waals surface area contributed by atoms with E-state index in [1.165, 1.54) is 21.1 Å². The van der Waals surface area contributed by atoms with Crippen LogP contribution in [0.15, 0.2) is 0 Å². The van der Waals surface area contributed by atoms with Crippen molar-refractivity contribution in [3.8, 4) is 0 Å². The van der Waals surface area contributed by atoms with Crippen LogP contribution >= 0.6 is 0 Å². The highest BCUT2D eigenvalue weighted by molar-refractivity contribution is 5.72. The second kappa shape index (κ2) is 31.3. The normalized spacial score (nSPS) is 51.7. The van der Waals surface area contributed by atoms with E-state index in [1.807, 2.05) is 27.7 Å². The number of hydrogen-bond acceptors (Lipinski definition) is 30. The number of hydrogen-bond donors (Lipinski definition) is 11. The van der Waals surface area contributed by atoms with Gasteiger partial charge in [-0.25, -0.2) is 0 Å². The predicted octanol–water partition coefficient (Wildman–Crippen LogP) is -0.139. The zero-order valence-corrected chi connectivity index (χ0v) is 58.2. The van der Waals surface area contributed by atoms with Crippen molar-refractivity contribution in [2.45, 2.75) is 342 Å². The standard InChI is InChI=1S/C67H112O30/c1-14-28(2)60(78)88-33(7)66(79)19-20-67(80)37-16-15-35-21-36(17-18-64(35,9)38(37)22-44(65(66,67)10)89-34(8)70)90-45-23-39(71)54(29(3)84-45)93-46-24-40(81-11)55(30(4)85-46)94-47-25-41(82-12)56(31(5)86-47)95-63-53(77)59(83-13)57(32(6)87-63)96-62-52(76)50(74)58(43(27-69)92-62)97-61-51(75)49(73)48(72)42(26-68)91-61/h28-33,35-59,61-63,68-69,71-77,79-80H,14-27H2,1-13H3/t28-,29-,30-,31-,32+,33-,35+,36-,37-,38+,39-,40-,41-,42+,43+,44-,45+,46+,47+,48+,49-,50+,51+,52+,53+,54-,55-,56-,57+,58+,59+,61-,62-,63-,64-,65-,66-,67-/m1/s1. The van der Waals surface area contributed by atoms with Gasteiger partial charge in [-0.2, -0.15) is 0 Å².